The lowest BCUT2D eigenvalue weighted by Crippen LogP contribution is -2.36. The number of aliphatic imine (C=N–C) groups is 1. The van der Waals surface area contributed by atoms with Crippen LogP contribution in [0.15, 0.2) is 47.5 Å². The van der Waals surface area contributed by atoms with E-state index in [-0.39, 0.29) is 12.0 Å². The molecule has 0 heterocycles. The number of benzene rings is 2. The zero-order chi connectivity index (χ0) is 21.2. The zero-order valence-electron chi connectivity index (χ0n) is 18.0. The summed E-state index contributed by atoms with van der Waals surface area (Å²) >= 11 is 0. The first-order valence-corrected chi connectivity index (χ1v) is 10.0. The van der Waals surface area contributed by atoms with Gasteiger partial charge in [0.25, 0.3) is 5.91 Å². The molecule has 0 saturated heterocycles. The summed E-state index contributed by atoms with van der Waals surface area (Å²) in [5.74, 6) is 1.54. The number of hydrogen-bond donors (Lipinski definition) is 3. The van der Waals surface area contributed by atoms with Crippen LogP contribution in [0.3, 0.4) is 0 Å². The van der Waals surface area contributed by atoms with Gasteiger partial charge in [-0.15, -0.1) is 0 Å². The van der Waals surface area contributed by atoms with Crippen LogP contribution in [0.4, 0.5) is 0 Å². The Labute approximate surface area is 173 Å². The molecule has 0 spiro atoms. The van der Waals surface area contributed by atoms with Crippen molar-refractivity contribution < 1.29 is 9.53 Å². The summed E-state index contributed by atoms with van der Waals surface area (Å²) in [7, 11) is 1.63. The fraction of sp³-hybridized carbons (Fsp3) is 0.391. The van der Waals surface area contributed by atoms with Gasteiger partial charge in [-0.2, -0.15) is 0 Å². The zero-order valence-corrected chi connectivity index (χ0v) is 18.0. The number of carbonyl (C=O) groups is 1. The van der Waals surface area contributed by atoms with Crippen LogP contribution in [-0.4, -0.2) is 31.6 Å². The third kappa shape index (κ3) is 7.14. The summed E-state index contributed by atoms with van der Waals surface area (Å²) in [6.45, 7) is 10.1. The molecule has 1 amide bonds. The monoisotopic (exact) mass is 396 g/mol. The van der Waals surface area contributed by atoms with Gasteiger partial charge < -0.3 is 20.7 Å². The second-order valence-electron chi connectivity index (χ2n) is 7.10. The van der Waals surface area contributed by atoms with E-state index in [0.29, 0.717) is 18.7 Å². The predicted octanol–water partition coefficient (Wildman–Crippen LogP) is 3.40. The summed E-state index contributed by atoms with van der Waals surface area (Å²) in [6.07, 6.45) is 0.121. The lowest BCUT2D eigenvalue weighted by atomic mass is 10.1. The van der Waals surface area contributed by atoms with Gasteiger partial charge in [0.05, 0.1) is 12.6 Å². The van der Waals surface area contributed by atoms with Crippen LogP contribution in [-0.2, 0) is 13.1 Å². The van der Waals surface area contributed by atoms with Gasteiger partial charge in [0.1, 0.15) is 5.75 Å². The molecule has 0 bridgehead atoms. The molecule has 0 fully saturated rings. The second-order valence-corrected chi connectivity index (χ2v) is 7.10. The molecule has 2 rings (SSSR count). The molecule has 156 valence electrons. The highest BCUT2D eigenvalue weighted by atomic mass is 16.5. The Bertz CT molecular complexity index is 829. The Kier molecular flexibility index (Phi) is 8.52. The van der Waals surface area contributed by atoms with Crippen molar-refractivity contribution in [3.8, 4) is 5.75 Å². The van der Waals surface area contributed by atoms with Crippen molar-refractivity contribution in [1.82, 2.24) is 16.0 Å². The second kappa shape index (κ2) is 11.1. The summed E-state index contributed by atoms with van der Waals surface area (Å²) in [4.78, 5) is 16.3. The molecule has 0 radical (unpaired) electrons. The van der Waals surface area contributed by atoms with E-state index in [1.54, 1.807) is 7.05 Å². The van der Waals surface area contributed by atoms with Crippen molar-refractivity contribution >= 4 is 11.9 Å². The smallest absolute Gasteiger partial charge is 0.251 e. The molecule has 2 aromatic carbocycles. The number of aryl methyl sites for hydroxylation is 1. The van der Waals surface area contributed by atoms with Crippen molar-refractivity contribution in [2.24, 2.45) is 4.99 Å². The summed E-state index contributed by atoms with van der Waals surface area (Å²) in [5.41, 5.74) is 3.94. The number of guanidine groups is 1. The minimum atomic E-state index is -0.0902. The Hall–Kier alpha value is -3.02. The third-order valence-electron chi connectivity index (χ3n) is 4.24. The Morgan fingerprint density at radius 2 is 1.83 bits per heavy atom. The van der Waals surface area contributed by atoms with Crippen LogP contribution >= 0.6 is 0 Å². The number of amides is 1. The molecular weight excluding hydrogens is 364 g/mol. The van der Waals surface area contributed by atoms with Crippen LogP contribution in [0.1, 0.15) is 47.8 Å². The number of rotatable bonds is 8. The van der Waals surface area contributed by atoms with Gasteiger partial charge in [-0.3, -0.25) is 4.79 Å². The number of nitrogens with zero attached hydrogens (tertiary/aromatic N) is 1. The van der Waals surface area contributed by atoms with Crippen molar-refractivity contribution in [2.45, 2.75) is 46.9 Å². The Morgan fingerprint density at radius 3 is 2.45 bits per heavy atom. The number of ether oxygens (including phenoxy) is 1. The SMILES string of the molecule is CCNC(=NCc1ccc(C(=O)NC)cc1)NCc1ccc(C)cc1OC(C)C. The van der Waals surface area contributed by atoms with Crippen LogP contribution in [0.25, 0.3) is 0 Å². The summed E-state index contributed by atoms with van der Waals surface area (Å²) in [6, 6.07) is 13.7. The number of nitrogens with one attached hydrogen (secondary N) is 3. The molecule has 0 aliphatic carbocycles. The first-order chi connectivity index (χ1) is 13.9. The molecule has 2 aromatic rings. The normalized spacial score (nSPS) is 11.3. The van der Waals surface area contributed by atoms with Crippen LogP contribution in [0, 0.1) is 6.92 Å². The predicted molar refractivity (Wildman–Crippen MR) is 118 cm³/mol. The average molecular weight is 397 g/mol. The first-order valence-electron chi connectivity index (χ1n) is 10.0. The molecule has 0 atom stereocenters. The van der Waals surface area contributed by atoms with E-state index < -0.39 is 0 Å². The van der Waals surface area contributed by atoms with E-state index in [9.17, 15) is 4.79 Å². The van der Waals surface area contributed by atoms with Gasteiger partial charge in [-0.05, 0) is 57.0 Å². The fourth-order valence-corrected chi connectivity index (χ4v) is 2.77. The fourth-order valence-electron chi connectivity index (χ4n) is 2.77. The van der Waals surface area contributed by atoms with Gasteiger partial charge in [-0.1, -0.05) is 24.3 Å². The molecule has 0 unspecified atom stereocenters. The maximum absolute atomic E-state index is 11.6. The quantitative estimate of drug-likeness (QED) is 0.472. The molecule has 0 aliphatic heterocycles. The highest BCUT2D eigenvalue weighted by Crippen LogP contribution is 2.21. The summed E-state index contributed by atoms with van der Waals surface area (Å²) in [5, 5.41) is 9.26. The highest BCUT2D eigenvalue weighted by Gasteiger charge is 2.08. The molecule has 0 saturated carbocycles. The topological polar surface area (TPSA) is 74.8 Å². The van der Waals surface area contributed by atoms with Gasteiger partial charge >= 0.3 is 0 Å². The van der Waals surface area contributed by atoms with Crippen molar-refractivity contribution in [3.05, 3.63) is 64.7 Å². The molecular formula is C23H32N4O2. The van der Waals surface area contributed by atoms with Gasteiger partial charge in [0.15, 0.2) is 5.96 Å². The van der Waals surface area contributed by atoms with Crippen molar-refractivity contribution in [1.29, 1.82) is 0 Å². The molecule has 6 nitrogen and oxygen atoms in total. The average Bonchev–Trinajstić information content (AvgIpc) is 2.70. The molecule has 6 heteroatoms. The molecule has 3 N–H and O–H groups in total. The van der Waals surface area contributed by atoms with Crippen LogP contribution in [0.2, 0.25) is 0 Å². The Morgan fingerprint density at radius 1 is 1.10 bits per heavy atom. The largest absolute Gasteiger partial charge is 0.491 e. The Balaban J connectivity index is 2.05. The maximum Gasteiger partial charge on any atom is 0.251 e. The van der Waals surface area contributed by atoms with E-state index in [4.69, 9.17) is 4.74 Å². The first kappa shape index (κ1) is 22.3. The van der Waals surface area contributed by atoms with Crippen LogP contribution < -0.4 is 20.7 Å². The van der Waals surface area contributed by atoms with Gasteiger partial charge in [0.2, 0.25) is 0 Å². The van der Waals surface area contributed by atoms with Crippen molar-refractivity contribution in [2.75, 3.05) is 13.6 Å². The lowest BCUT2D eigenvalue weighted by Gasteiger charge is -2.17. The van der Waals surface area contributed by atoms with E-state index in [1.807, 2.05) is 45.0 Å². The van der Waals surface area contributed by atoms with E-state index in [2.05, 4.69) is 46.1 Å². The minimum Gasteiger partial charge on any atom is -0.491 e. The van der Waals surface area contributed by atoms with Gasteiger partial charge in [0, 0.05) is 31.3 Å². The molecule has 0 aromatic heterocycles. The van der Waals surface area contributed by atoms with Crippen LogP contribution in [0.5, 0.6) is 5.75 Å². The van der Waals surface area contributed by atoms with E-state index >= 15 is 0 Å². The van der Waals surface area contributed by atoms with E-state index in [1.165, 1.54) is 5.56 Å². The minimum absolute atomic E-state index is 0.0902. The standard InChI is InChI=1S/C23H32N4O2/c1-6-25-23(26-14-18-8-11-19(12-9-18)22(28)24-5)27-15-20-10-7-17(4)13-21(20)29-16(2)3/h7-13,16H,6,14-15H2,1-5H3,(H,24,28)(H2,25,26,27). The number of hydrogen-bond acceptors (Lipinski definition) is 3. The maximum atomic E-state index is 11.6. The molecule has 29 heavy (non-hydrogen) atoms. The third-order valence-corrected chi connectivity index (χ3v) is 4.24. The summed E-state index contributed by atoms with van der Waals surface area (Å²) < 4.78 is 5.95. The van der Waals surface area contributed by atoms with Crippen molar-refractivity contribution in [3.63, 3.8) is 0 Å². The van der Waals surface area contributed by atoms with E-state index in [0.717, 1.165) is 29.4 Å². The van der Waals surface area contributed by atoms with Gasteiger partial charge in [-0.25, -0.2) is 4.99 Å². The lowest BCUT2D eigenvalue weighted by molar-refractivity contribution is 0.0963. The molecule has 0 aliphatic rings. The highest BCUT2D eigenvalue weighted by molar-refractivity contribution is 5.93. The number of carbonyl (C=O) groups excluding carboxylic acids is 1.